The van der Waals surface area contributed by atoms with Crippen LogP contribution in [0.3, 0.4) is 0 Å². The SMILES string of the molecule is COc1ccc(NC(C)=O)cc1NC(=O)Cn1c(-c2cccc(Cl)c2Cl)nc2ccccc21. The van der Waals surface area contributed by atoms with Crippen LogP contribution in [-0.2, 0) is 16.1 Å². The molecule has 0 aliphatic heterocycles. The number of amides is 2. The molecule has 168 valence electrons. The molecule has 0 fully saturated rings. The third-order valence-electron chi connectivity index (χ3n) is 4.94. The molecule has 4 rings (SSSR count). The van der Waals surface area contributed by atoms with Crippen molar-refractivity contribution in [1.29, 1.82) is 0 Å². The number of hydrogen-bond donors (Lipinski definition) is 2. The van der Waals surface area contributed by atoms with Gasteiger partial charge in [0.2, 0.25) is 11.8 Å². The summed E-state index contributed by atoms with van der Waals surface area (Å²) in [7, 11) is 1.51. The molecule has 0 atom stereocenters. The summed E-state index contributed by atoms with van der Waals surface area (Å²) < 4.78 is 7.14. The standard InChI is InChI=1S/C24H20Cl2N4O3/c1-14(31)27-15-10-11-21(33-2)19(12-15)28-22(32)13-30-20-9-4-3-8-18(20)29-24(30)16-6-5-7-17(25)23(16)26/h3-12H,13H2,1-2H3,(H,27,31)(H,28,32). The number of rotatable bonds is 6. The largest absolute Gasteiger partial charge is 0.495 e. The van der Waals surface area contributed by atoms with Gasteiger partial charge in [0.05, 0.1) is 33.9 Å². The first-order valence-corrected chi connectivity index (χ1v) is 10.8. The van der Waals surface area contributed by atoms with E-state index < -0.39 is 0 Å². The molecule has 9 heteroatoms. The molecule has 33 heavy (non-hydrogen) atoms. The molecule has 3 aromatic carbocycles. The van der Waals surface area contributed by atoms with E-state index in [0.717, 1.165) is 11.0 Å². The molecular weight excluding hydrogens is 463 g/mol. The number of nitrogens with one attached hydrogen (secondary N) is 2. The number of hydrogen-bond acceptors (Lipinski definition) is 4. The molecule has 7 nitrogen and oxygen atoms in total. The van der Waals surface area contributed by atoms with Crippen molar-refractivity contribution < 1.29 is 14.3 Å². The van der Waals surface area contributed by atoms with E-state index in [0.29, 0.717) is 38.6 Å². The molecule has 0 aliphatic rings. The molecule has 0 bridgehead atoms. The number of ether oxygens (including phenoxy) is 1. The van der Waals surface area contributed by atoms with E-state index in [1.165, 1.54) is 14.0 Å². The van der Waals surface area contributed by atoms with Crippen LogP contribution in [0.4, 0.5) is 11.4 Å². The Labute approximate surface area is 200 Å². The van der Waals surface area contributed by atoms with Crippen LogP contribution in [0.15, 0.2) is 60.7 Å². The highest BCUT2D eigenvalue weighted by atomic mass is 35.5. The minimum atomic E-state index is -0.309. The Morgan fingerprint density at radius 1 is 1.03 bits per heavy atom. The monoisotopic (exact) mass is 482 g/mol. The maximum Gasteiger partial charge on any atom is 0.244 e. The van der Waals surface area contributed by atoms with Gasteiger partial charge in [-0.05, 0) is 42.5 Å². The van der Waals surface area contributed by atoms with Crippen LogP contribution in [0, 0.1) is 0 Å². The lowest BCUT2D eigenvalue weighted by atomic mass is 10.2. The Balaban J connectivity index is 1.70. The van der Waals surface area contributed by atoms with Gasteiger partial charge in [0.1, 0.15) is 18.1 Å². The molecule has 0 unspecified atom stereocenters. The summed E-state index contributed by atoms with van der Waals surface area (Å²) in [6.45, 7) is 1.38. The van der Waals surface area contributed by atoms with Crippen LogP contribution in [0.2, 0.25) is 10.0 Å². The minimum absolute atomic E-state index is 0.0355. The van der Waals surface area contributed by atoms with Crippen molar-refractivity contribution in [2.24, 2.45) is 0 Å². The first kappa shape index (κ1) is 22.6. The average Bonchev–Trinajstić information content (AvgIpc) is 3.13. The fraction of sp³-hybridized carbons (Fsp3) is 0.125. The van der Waals surface area contributed by atoms with E-state index >= 15 is 0 Å². The predicted octanol–water partition coefficient (Wildman–Crippen LogP) is 5.62. The molecule has 0 spiro atoms. The molecule has 1 heterocycles. The number of benzene rings is 3. The number of fused-ring (bicyclic) bond motifs is 1. The number of carbonyl (C=O) groups excluding carboxylic acids is 2. The summed E-state index contributed by atoms with van der Waals surface area (Å²) in [5, 5.41) is 6.31. The highest BCUT2D eigenvalue weighted by Crippen LogP contribution is 2.35. The van der Waals surface area contributed by atoms with Crippen LogP contribution in [0.5, 0.6) is 5.75 Å². The quantitative estimate of drug-likeness (QED) is 0.373. The van der Waals surface area contributed by atoms with Gasteiger partial charge >= 0.3 is 0 Å². The van der Waals surface area contributed by atoms with Crippen molar-refractivity contribution >= 4 is 57.4 Å². The highest BCUT2D eigenvalue weighted by molar-refractivity contribution is 6.43. The normalized spacial score (nSPS) is 10.8. The van der Waals surface area contributed by atoms with Crippen LogP contribution in [0.25, 0.3) is 22.4 Å². The molecule has 2 amide bonds. The van der Waals surface area contributed by atoms with E-state index in [4.69, 9.17) is 32.9 Å². The van der Waals surface area contributed by atoms with Crippen LogP contribution >= 0.6 is 23.2 Å². The van der Waals surface area contributed by atoms with Gasteiger partial charge in [-0.1, -0.05) is 41.4 Å². The third kappa shape index (κ3) is 4.79. The zero-order valence-corrected chi connectivity index (χ0v) is 19.4. The lowest BCUT2D eigenvalue weighted by Crippen LogP contribution is -2.20. The first-order valence-electron chi connectivity index (χ1n) is 10.0. The number of para-hydroxylation sites is 2. The number of imidazole rings is 1. The van der Waals surface area contributed by atoms with Crippen molar-refractivity contribution in [2.45, 2.75) is 13.5 Å². The Morgan fingerprint density at radius 2 is 1.82 bits per heavy atom. The molecular formula is C24H20Cl2N4O3. The van der Waals surface area contributed by atoms with Gasteiger partial charge in [-0.3, -0.25) is 9.59 Å². The Kier molecular flexibility index (Phi) is 6.53. The highest BCUT2D eigenvalue weighted by Gasteiger charge is 2.19. The number of aromatic nitrogens is 2. The summed E-state index contributed by atoms with van der Waals surface area (Å²) in [5.41, 5.74) is 3.09. The second-order valence-corrected chi connectivity index (χ2v) is 8.04. The summed E-state index contributed by atoms with van der Waals surface area (Å²) in [5.74, 6) is 0.463. The molecule has 4 aromatic rings. The summed E-state index contributed by atoms with van der Waals surface area (Å²) in [6.07, 6.45) is 0. The average molecular weight is 483 g/mol. The van der Waals surface area contributed by atoms with Gasteiger partial charge in [0.25, 0.3) is 0 Å². The van der Waals surface area contributed by atoms with E-state index in [1.807, 2.05) is 30.3 Å². The molecule has 0 radical (unpaired) electrons. The molecule has 0 aliphatic carbocycles. The van der Waals surface area contributed by atoms with Gasteiger partial charge in [0, 0.05) is 18.2 Å². The molecule has 2 N–H and O–H groups in total. The van der Waals surface area contributed by atoms with Crippen molar-refractivity contribution in [3.05, 3.63) is 70.7 Å². The maximum atomic E-state index is 13.1. The minimum Gasteiger partial charge on any atom is -0.495 e. The van der Waals surface area contributed by atoms with E-state index in [9.17, 15) is 9.59 Å². The van der Waals surface area contributed by atoms with Crippen molar-refractivity contribution in [1.82, 2.24) is 9.55 Å². The third-order valence-corrected chi connectivity index (χ3v) is 5.76. The van der Waals surface area contributed by atoms with E-state index in [-0.39, 0.29) is 18.4 Å². The topological polar surface area (TPSA) is 85.3 Å². The first-order chi connectivity index (χ1) is 15.9. The number of nitrogens with zero attached hydrogens (tertiary/aromatic N) is 2. The molecule has 0 saturated heterocycles. The second-order valence-electron chi connectivity index (χ2n) is 7.26. The summed E-state index contributed by atoms with van der Waals surface area (Å²) in [6, 6.07) is 17.8. The van der Waals surface area contributed by atoms with Crippen LogP contribution in [0.1, 0.15) is 6.92 Å². The van der Waals surface area contributed by atoms with Crippen molar-refractivity contribution in [2.75, 3.05) is 17.7 Å². The zero-order valence-electron chi connectivity index (χ0n) is 17.9. The van der Waals surface area contributed by atoms with Gasteiger partial charge < -0.3 is 19.9 Å². The van der Waals surface area contributed by atoms with E-state index in [1.54, 1.807) is 34.9 Å². The Bertz CT molecular complexity index is 1370. The van der Waals surface area contributed by atoms with E-state index in [2.05, 4.69) is 10.6 Å². The summed E-state index contributed by atoms with van der Waals surface area (Å²) >= 11 is 12.7. The Morgan fingerprint density at radius 3 is 2.58 bits per heavy atom. The van der Waals surface area contributed by atoms with Crippen LogP contribution in [-0.4, -0.2) is 28.5 Å². The van der Waals surface area contributed by atoms with Crippen molar-refractivity contribution in [3.8, 4) is 17.1 Å². The van der Waals surface area contributed by atoms with Gasteiger partial charge in [-0.25, -0.2) is 4.98 Å². The van der Waals surface area contributed by atoms with Gasteiger partial charge in [-0.15, -0.1) is 0 Å². The summed E-state index contributed by atoms with van der Waals surface area (Å²) in [4.78, 5) is 29.2. The molecule has 1 aromatic heterocycles. The van der Waals surface area contributed by atoms with Crippen LogP contribution < -0.4 is 15.4 Å². The lowest BCUT2D eigenvalue weighted by Gasteiger charge is -2.14. The molecule has 0 saturated carbocycles. The Hall–Kier alpha value is -3.55. The zero-order chi connectivity index (χ0) is 23.5. The number of anilines is 2. The fourth-order valence-corrected chi connectivity index (χ4v) is 3.92. The van der Waals surface area contributed by atoms with Gasteiger partial charge in [-0.2, -0.15) is 0 Å². The fourth-order valence-electron chi connectivity index (χ4n) is 3.54. The predicted molar refractivity (Wildman–Crippen MR) is 131 cm³/mol. The smallest absolute Gasteiger partial charge is 0.244 e. The number of halogens is 2. The second kappa shape index (κ2) is 9.52. The van der Waals surface area contributed by atoms with Crippen molar-refractivity contribution in [3.63, 3.8) is 0 Å². The van der Waals surface area contributed by atoms with Gasteiger partial charge in [0.15, 0.2) is 0 Å². The number of methoxy groups -OCH3 is 1. The maximum absolute atomic E-state index is 13.1. The lowest BCUT2D eigenvalue weighted by molar-refractivity contribution is -0.116. The number of carbonyl (C=O) groups is 2.